The topological polar surface area (TPSA) is 81.9 Å². The molecular formula is C9H18N2O3S. The molecule has 0 saturated heterocycles. The predicted molar refractivity (Wildman–Crippen MR) is 62.0 cm³/mol. The van der Waals surface area contributed by atoms with E-state index < -0.39 is 6.09 Å². The quantitative estimate of drug-likeness (QED) is 0.478. The van der Waals surface area contributed by atoms with Gasteiger partial charge in [-0.25, -0.2) is 4.79 Å². The standard InChI is InChI=1S/C7H13NOS.C2H5NO2/c1-7(2)4-5(8-9)6(7)10-3;1-3-2(4)5/h6,9H,4H2,1-3H3;3H,1H3,(H,4,5). The third kappa shape index (κ3) is 3.99. The van der Waals surface area contributed by atoms with Crippen LogP contribution in [0.5, 0.6) is 0 Å². The van der Waals surface area contributed by atoms with Crippen LogP contribution >= 0.6 is 11.8 Å². The summed E-state index contributed by atoms with van der Waals surface area (Å²) in [5, 5.41) is 21.7. The van der Waals surface area contributed by atoms with Crippen LogP contribution in [-0.4, -0.2) is 40.7 Å². The molecule has 0 radical (unpaired) electrons. The minimum Gasteiger partial charge on any atom is -0.465 e. The molecule has 1 amide bonds. The second kappa shape index (κ2) is 5.85. The van der Waals surface area contributed by atoms with E-state index in [4.69, 9.17) is 10.3 Å². The van der Waals surface area contributed by atoms with Crippen molar-refractivity contribution in [2.24, 2.45) is 10.6 Å². The van der Waals surface area contributed by atoms with Crippen LogP contribution in [-0.2, 0) is 0 Å². The monoisotopic (exact) mass is 234 g/mol. The molecule has 15 heavy (non-hydrogen) atoms. The molecule has 3 N–H and O–H groups in total. The smallest absolute Gasteiger partial charge is 0.404 e. The van der Waals surface area contributed by atoms with Gasteiger partial charge in [0.15, 0.2) is 0 Å². The largest absolute Gasteiger partial charge is 0.465 e. The molecule has 1 fully saturated rings. The normalized spacial score (nSPS) is 24.8. The first kappa shape index (κ1) is 14.1. The Labute approximate surface area is 93.9 Å². The highest BCUT2D eigenvalue weighted by atomic mass is 32.2. The molecule has 1 aliphatic rings. The lowest BCUT2D eigenvalue weighted by molar-refractivity contribution is 0.197. The Morgan fingerprint density at radius 2 is 2.13 bits per heavy atom. The Morgan fingerprint density at radius 3 is 2.27 bits per heavy atom. The second-order valence-electron chi connectivity index (χ2n) is 3.93. The molecule has 0 aromatic rings. The molecule has 0 spiro atoms. The minimum absolute atomic E-state index is 0.334. The maximum atomic E-state index is 9.26. The third-order valence-electron chi connectivity index (χ3n) is 2.23. The fraction of sp³-hybridized carbons (Fsp3) is 0.778. The van der Waals surface area contributed by atoms with E-state index in [0.29, 0.717) is 10.7 Å². The van der Waals surface area contributed by atoms with Crippen LogP contribution in [0.3, 0.4) is 0 Å². The zero-order valence-electron chi connectivity index (χ0n) is 9.44. The van der Waals surface area contributed by atoms with Gasteiger partial charge in [0, 0.05) is 7.05 Å². The van der Waals surface area contributed by atoms with Gasteiger partial charge in [-0.15, -0.1) is 0 Å². The summed E-state index contributed by atoms with van der Waals surface area (Å²) >= 11 is 1.76. The SMILES string of the molecule is CNC(=O)O.CSC1C(=NO)CC1(C)C. The minimum atomic E-state index is -0.995. The van der Waals surface area contributed by atoms with Crippen LogP contribution in [0.2, 0.25) is 0 Å². The van der Waals surface area contributed by atoms with Gasteiger partial charge in [0.05, 0.1) is 11.0 Å². The average molecular weight is 234 g/mol. The molecule has 1 aliphatic carbocycles. The van der Waals surface area contributed by atoms with Crippen molar-refractivity contribution in [2.45, 2.75) is 25.5 Å². The van der Waals surface area contributed by atoms with Crippen LogP contribution in [0.15, 0.2) is 5.16 Å². The van der Waals surface area contributed by atoms with Gasteiger partial charge in [-0.2, -0.15) is 11.8 Å². The zero-order chi connectivity index (χ0) is 12.1. The molecule has 0 heterocycles. The Bertz CT molecular complexity index is 254. The summed E-state index contributed by atoms with van der Waals surface area (Å²) in [6, 6.07) is 0. The highest BCUT2D eigenvalue weighted by molar-refractivity contribution is 8.00. The Kier molecular flexibility index (Phi) is 5.49. The summed E-state index contributed by atoms with van der Waals surface area (Å²) in [4.78, 5) is 9.26. The maximum Gasteiger partial charge on any atom is 0.404 e. The lowest BCUT2D eigenvalue weighted by Gasteiger charge is -2.43. The number of thioether (sulfide) groups is 1. The number of nitrogens with one attached hydrogen (secondary N) is 1. The number of carbonyl (C=O) groups is 1. The van der Waals surface area contributed by atoms with Crippen molar-refractivity contribution in [3.63, 3.8) is 0 Å². The van der Waals surface area contributed by atoms with E-state index in [1.54, 1.807) is 11.8 Å². The Morgan fingerprint density at radius 1 is 1.67 bits per heavy atom. The molecule has 0 aliphatic heterocycles. The second-order valence-corrected chi connectivity index (χ2v) is 4.87. The van der Waals surface area contributed by atoms with Gasteiger partial charge in [-0.05, 0) is 18.1 Å². The first-order valence-corrected chi connectivity index (χ1v) is 5.82. The van der Waals surface area contributed by atoms with E-state index >= 15 is 0 Å². The number of oxime groups is 1. The van der Waals surface area contributed by atoms with Gasteiger partial charge >= 0.3 is 6.09 Å². The summed E-state index contributed by atoms with van der Waals surface area (Å²) in [5.41, 5.74) is 1.28. The molecule has 0 aromatic heterocycles. The van der Waals surface area contributed by atoms with Gasteiger partial charge in [0.25, 0.3) is 0 Å². The fourth-order valence-electron chi connectivity index (χ4n) is 1.52. The van der Waals surface area contributed by atoms with E-state index in [0.717, 1.165) is 12.1 Å². The molecule has 1 saturated carbocycles. The van der Waals surface area contributed by atoms with Crippen molar-refractivity contribution in [3.8, 4) is 0 Å². The van der Waals surface area contributed by atoms with E-state index in [2.05, 4.69) is 25.3 Å². The van der Waals surface area contributed by atoms with E-state index in [1.807, 2.05) is 5.32 Å². The molecule has 6 heteroatoms. The lowest BCUT2D eigenvalue weighted by Crippen LogP contribution is -2.47. The van der Waals surface area contributed by atoms with Gasteiger partial charge in [-0.3, -0.25) is 0 Å². The maximum absolute atomic E-state index is 9.26. The summed E-state index contributed by atoms with van der Waals surface area (Å²) in [6.45, 7) is 4.39. The first-order chi connectivity index (χ1) is 6.88. The van der Waals surface area contributed by atoms with E-state index in [1.165, 1.54) is 7.05 Å². The molecule has 0 aromatic carbocycles. The third-order valence-corrected chi connectivity index (χ3v) is 3.61. The van der Waals surface area contributed by atoms with Gasteiger partial charge in [-0.1, -0.05) is 19.0 Å². The van der Waals surface area contributed by atoms with Crippen molar-refractivity contribution < 1.29 is 15.1 Å². The molecule has 88 valence electrons. The summed E-state index contributed by atoms with van der Waals surface area (Å²) in [5.74, 6) is 0. The predicted octanol–water partition coefficient (Wildman–Crippen LogP) is 1.86. The van der Waals surface area contributed by atoms with Crippen molar-refractivity contribution >= 4 is 23.6 Å². The molecule has 5 nitrogen and oxygen atoms in total. The van der Waals surface area contributed by atoms with Crippen molar-refractivity contribution in [2.75, 3.05) is 13.3 Å². The van der Waals surface area contributed by atoms with Crippen LogP contribution in [0.25, 0.3) is 0 Å². The average Bonchev–Trinajstić information content (AvgIpc) is 2.16. The van der Waals surface area contributed by atoms with Gasteiger partial charge in [0.1, 0.15) is 0 Å². The van der Waals surface area contributed by atoms with E-state index in [9.17, 15) is 4.79 Å². The Balaban J connectivity index is 0.000000336. The number of rotatable bonds is 1. The first-order valence-electron chi connectivity index (χ1n) is 4.53. The number of hydrogen-bond donors (Lipinski definition) is 3. The zero-order valence-corrected chi connectivity index (χ0v) is 10.3. The number of amides is 1. The molecule has 0 bridgehead atoms. The van der Waals surface area contributed by atoms with Crippen molar-refractivity contribution in [3.05, 3.63) is 0 Å². The van der Waals surface area contributed by atoms with Crippen molar-refractivity contribution in [1.29, 1.82) is 0 Å². The van der Waals surface area contributed by atoms with Crippen LogP contribution in [0.4, 0.5) is 4.79 Å². The molecular weight excluding hydrogens is 216 g/mol. The molecule has 1 rings (SSSR count). The fourth-order valence-corrected chi connectivity index (χ4v) is 2.64. The summed E-state index contributed by atoms with van der Waals surface area (Å²) in [7, 11) is 1.35. The lowest BCUT2D eigenvalue weighted by atomic mass is 9.70. The van der Waals surface area contributed by atoms with Gasteiger partial charge < -0.3 is 15.6 Å². The summed E-state index contributed by atoms with van der Waals surface area (Å²) < 4.78 is 0. The summed E-state index contributed by atoms with van der Waals surface area (Å²) in [6.07, 6.45) is 2.00. The highest BCUT2D eigenvalue weighted by Gasteiger charge is 2.44. The van der Waals surface area contributed by atoms with Crippen LogP contribution < -0.4 is 5.32 Å². The van der Waals surface area contributed by atoms with E-state index in [-0.39, 0.29) is 0 Å². The number of hydrogen-bond acceptors (Lipinski definition) is 4. The Hall–Kier alpha value is -0.910. The number of carboxylic acid groups (broad SMARTS) is 1. The van der Waals surface area contributed by atoms with Gasteiger partial charge in [0.2, 0.25) is 0 Å². The highest BCUT2D eigenvalue weighted by Crippen LogP contribution is 2.44. The molecule has 1 atom stereocenters. The number of nitrogens with zero attached hydrogens (tertiary/aromatic N) is 1. The van der Waals surface area contributed by atoms with Crippen molar-refractivity contribution in [1.82, 2.24) is 5.32 Å². The van der Waals surface area contributed by atoms with Crippen LogP contribution in [0.1, 0.15) is 20.3 Å². The van der Waals surface area contributed by atoms with Crippen LogP contribution in [0, 0.1) is 5.41 Å². The molecule has 1 unspecified atom stereocenters.